The second kappa shape index (κ2) is 7.16. The molecule has 0 aromatic carbocycles. The molecule has 0 bridgehead atoms. The highest BCUT2D eigenvalue weighted by atomic mass is 32.1. The van der Waals surface area contributed by atoms with Gasteiger partial charge in [0.1, 0.15) is 0 Å². The van der Waals surface area contributed by atoms with Crippen molar-refractivity contribution in [3.8, 4) is 0 Å². The Labute approximate surface area is 68.4 Å². The van der Waals surface area contributed by atoms with E-state index in [1.165, 1.54) is 12.8 Å². The topological polar surface area (TPSA) is 20.2 Å². The number of hydrogen-bond acceptors (Lipinski definition) is 2. The quantitative estimate of drug-likeness (QED) is 0.602. The van der Waals surface area contributed by atoms with E-state index in [2.05, 4.69) is 6.92 Å². The van der Waals surface area contributed by atoms with Crippen molar-refractivity contribution in [2.45, 2.75) is 39.0 Å². The summed E-state index contributed by atoms with van der Waals surface area (Å²) < 4.78 is 0. The minimum atomic E-state index is 0.270. The molecule has 0 saturated carbocycles. The molecule has 2 heteroatoms. The highest BCUT2D eigenvalue weighted by molar-refractivity contribution is 7.80. The first kappa shape index (κ1) is 10.0. The lowest BCUT2D eigenvalue weighted by atomic mass is 10.1. The Morgan fingerprint density at radius 1 is 1.30 bits per heavy atom. The van der Waals surface area contributed by atoms with Crippen LogP contribution in [0.1, 0.15) is 39.0 Å². The lowest BCUT2D eigenvalue weighted by molar-refractivity contribution is 0.291. The van der Waals surface area contributed by atoms with Gasteiger partial charge in [-0.25, -0.2) is 0 Å². The van der Waals surface area contributed by atoms with Crippen LogP contribution in [-0.4, -0.2) is 16.6 Å². The maximum absolute atomic E-state index is 8.48. The third-order valence-electron chi connectivity index (χ3n) is 1.42. The van der Waals surface area contributed by atoms with Crippen molar-refractivity contribution in [2.75, 3.05) is 6.61 Å². The number of unbranched alkanes of at least 4 members (excludes halogenated alkanes) is 1. The van der Waals surface area contributed by atoms with Crippen molar-refractivity contribution < 1.29 is 5.11 Å². The number of aliphatic hydroxyl groups is 1. The van der Waals surface area contributed by atoms with Crippen LogP contribution in [-0.2, 0) is 0 Å². The predicted molar refractivity (Wildman–Crippen MR) is 48.4 cm³/mol. The van der Waals surface area contributed by atoms with Gasteiger partial charge in [-0.2, -0.15) is 0 Å². The van der Waals surface area contributed by atoms with Crippen molar-refractivity contribution in [2.24, 2.45) is 0 Å². The maximum atomic E-state index is 8.48. The van der Waals surface area contributed by atoms with Gasteiger partial charge in [-0.3, -0.25) is 0 Å². The lowest BCUT2D eigenvalue weighted by Gasteiger charge is -1.99. The van der Waals surface area contributed by atoms with Gasteiger partial charge >= 0.3 is 0 Å². The minimum Gasteiger partial charge on any atom is -0.396 e. The van der Waals surface area contributed by atoms with Crippen LogP contribution >= 0.6 is 12.2 Å². The molecule has 0 heterocycles. The number of thiocarbonyl (C=S) groups is 1. The van der Waals surface area contributed by atoms with Crippen LogP contribution in [0, 0.1) is 0 Å². The average molecular weight is 160 g/mol. The molecule has 1 N–H and O–H groups in total. The van der Waals surface area contributed by atoms with E-state index >= 15 is 0 Å². The fourth-order valence-electron chi connectivity index (χ4n) is 0.775. The van der Waals surface area contributed by atoms with Gasteiger partial charge in [0, 0.05) is 6.61 Å². The van der Waals surface area contributed by atoms with E-state index in [1.54, 1.807) is 0 Å². The molecule has 1 nitrogen and oxygen atoms in total. The summed E-state index contributed by atoms with van der Waals surface area (Å²) in [6, 6.07) is 0. The first-order valence-corrected chi connectivity index (χ1v) is 4.34. The zero-order valence-corrected chi connectivity index (χ0v) is 7.41. The molecule has 0 amide bonds. The van der Waals surface area contributed by atoms with Gasteiger partial charge in [0.15, 0.2) is 0 Å². The molecule has 0 fully saturated rings. The monoisotopic (exact) mass is 160 g/mol. The van der Waals surface area contributed by atoms with Gasteiger partial charge < -0.3 is 5.11 Å². The highest BCUT2D eigenvalue weighted by Gasteiger charge is 1.94. The molecule has 0 rings (SSSR count). The molecule has 0 aliphatic carbocycles. The van der Waals surface area contributed by atoms with Gasteiger partial charge in [0.2, 0.25) is 0 Å². The minimum absolute atomic E-state index is 0.270. The molecular formula is C8H16OS. The molecular weight excluding hydrogens is 144 g/mol. The standard InChI is InChI=1S/C8H16OS/c1-2-3-5-8(10)6-4-7-9/h9H,2-7H2,1H3. The van der Waals surface area contributed by atoms with E-state index in [0.717, 1.165) is 24.1 Å². The van der Waals surface area contributed by atoms with Gasteiger partial charge in [-0.15, -0.1) is 0 Å². The van der Waals surface area contributed by atoms with Crippen LogP contribution < -0.4 is 0 Å². The van der Waals surface area contributed by atoms with Crippen LogP contribution in [0.3, 0.4) is 0 Å². The summed E-state index contributed by atoms with van der Waals surface area (Å²) in [6.45, 7) is 2.43. The Hall–Kier alpha value is 0.0500. The highest BCUT2D eigenvalue weighted by Crippen LogP contribution is 2.02. The maximum Gasteiger partial charge on any atom is 0.0434 e. The zero-order chi connectivity index (χ0) is 7.82. The van der Waals surface area contributed by atoms with Gasteiger partial charge in [0.25, 0.3) is 0 Å². The first-order valence-electron chi connectivity index (χ1n) is 3.93. The zero-order valence-electron chi connectivity index (χ0n) is 6.60. The predicted octanol–water partition coefficient (Wildman–Crippen LogP) is 2.32. The molecule has 0 aromatic heterocycles. The Bertz CT molecular complexity index is 81.3. The summed E-state index contributed by atoms with van der Waals surface area (Å²) in [4.78, 5) is 1.12. The number of rotatable bonds is 6. The Kier molecular flexibility index (Phi) is 7.20. The summed E-state index contributed by atoms with van der Waals surface area (Å²) in [5, 5.41) is 8.48. The van der Waals surface area contributed by atoms with E-state index in [0.29, 0.717) is 0 Å². The Morgan fingerprint density at radius 3 is 2.40 bits per heavy atom. The SMILES string of the molecule is CCCCC(=S)CCCO. The molecule has 0 unspecified atom stereocenters. The van der Waals surface area contributed by atoms with Crippen molar-refractivity contribution in [3.05, 3.63) is 0 Å². The van der Waals surface area contributed by atoms with Gasteiger partial charge in [-0.1, -0.05) is 25.6 Å². The van der Waals surface area contributed by atoms with Crippen LogP contribution in [0.25, 0.3) is 0 Å². The average Bonchev–Trinajstić information content (AvgIpc) is 1.97. The number of aliphatic hydroxyl groups excluding tert-OH is 1. The van der Waals surface area contributed by atoms with Crippen molar-refractivity contribution in [1.82, 2.24) is 0 Å². The molecule has 0 atom stereocenters. The van der Waals surface area contributed by atoms with E-state index in [9.17, 15) is 0 Å². The van der Waals surface area contributed by atoms with Gasteiger partial charge in [0.05, 0.1) is 0 Å². The molecule has 0 spiro atoms. The lowest BCUT2D eigenvalue weighted by Crippen LogP contribution is -1.95. The van der Waals surface area contributed by atoms with Crippen LogP contribution in [0.4, 0.5) is 0 Å². The Balaban J connectivity index is 3.09. The molecule has 0 saturated heterocycles. The van der Waals surface area contributed by atoms with Crippen LogP contribution in [0.15, 0.2) is 0 Å². The van der Waals surface area contributed by atoms with E-state index < -0.39 is 0 Å². The second-order valence-electron chi connectivity index (χ2n) is 2.47. The van der Waals surface area contributed by atoms with E-state index in [-0.39, 0.29) is 6.61 Å². The third kappa shape index (κ3) is 6.17. The number of hydrogen-bond donors (Lipinski definition) is 1. The molecule has 0 aromatic rings. The summed E-state index contributed by atoms with van der Waals surface area (Å²) in [5.41, 5.74) is 0. The molecule has 0 aliphatic rings. The summed E-state index contributed by atoms with van der Waals surface area (Å²) >= 11 is 5.07. The van der Waals surface area contributed by atoms with Crippen molar-refractivity contribution >= 4 is 17.1 Å². The summed E-state index contributed by atoms with van der Waals surface area (Å²) in [6.07, 6.45) is 5.23. The third-order valence-corrected chi connectivity index (χ3v) is 1.83. The Morgan fingerprint density at radius 2 is 1.90 bits per heavy atom. The van der Waals surface area contributed by atoms with E-state index in [1.807, 2.05) is 0 Å². The largest absolute Gasteiger partial charge is 0.396 e. The first-order chi connectivity index (χ1) is 4.81. The summed E-state index contributed by atoms with van der Waals surface area (Å²) in [5.74, 6) is 0. The van der Waals surface area contributed by atoms with Crippen LogP contribution in [0.5, 0.6) is 0 Å². The summed E-state index contributed by atoms with van der Waals surface area (Å²) in [7, 11) is 0. The normalized spacial score (nSPS) is 9.80. The molecule has 10 heavy (non-hydrogen) atoms. The van der Waals surface area contributed by atoms with Crippen molar-refractivity contribution in [3.63, 3.8) is 0 Å². The second-order valence-corrected chi connectivity index (χ2v) is 3.05. The van der Waals surface area contributed by atoms with Crippen molar-refractivity contribution in [1.29, 1.82) is 0 Å². The van der Waals surface area contributed by atoms with Gasteiger partial charge in [-0.05, 0) is 30.5 Å². The fourth-order valence-corrected chi connectivity index (χ4v) is 1.06. The molecule has 0 radical (unpaired) electrons. The molecule has 0 aliphatic heterocycles. The van der Waals surface area contributed by atoms with E-state index in [4.69, 9.17) is 17.3 Å². The molecule has 60 valence electrons. The fraction of sp³-hybridized carbons (Fsp3) is 0.875. The smallest absolute Gasteiger partial charge is 0.0434 e. The van der Waals surface area contributed by atoms with Crippen LogP contribution in [0.2, 0.25) is 0 Å².